The van der Waals surface area contributed by atoms with Gasteiger partial charge in [0.15, 0.2) is 0 Å². The molecule has 2 rings (SSSR count). The Hall–Kier alpha value is -0.160. The molecule has 2 N–H and O–H groups in total. The van der Waals surface area contributed by atoms with Crippen LogP contribution in [0, 0.1) is 0 Å². The molecule has 0 radical (unpaired) electrons. The van der Waals surface area contributed by atoms with Crippen LogP contribution in [-0.4, -0.2) is 61.0 Å². The molecular formula is C15H30N2O2. The first-order valence-corrected chi connectivity index (χ1v) is 7.86. The van der Waals surface area contributed by atoms with Gasteiger partial charge in [-0.15, -0.1) is 0 Å². The van der Waals surface area contributed by atoms with Crippen molar-refractivity contribution in [3.8, 4) is 0 Å². The molecule has 0 amide bonds. The first-order valence-electron chi connectivity index (χ1n) is 7.86. The van der Waals surface area contributed by atoms with Crippen LogP contribution >= 0.6 is 0 Å². The Morgan fingerprint density at radius 2 is 2.26 bits per heavy atom. The van der Waals surface area contributed by atoms with Crippen molar-refractivity contribution in [2.45, 2.75) is 63.1 Å². The molecule has 0 aromatic carbocycles. The molecule has 4 heteroatoms. The van der Waals surface area contributed by atoms with Gasteiger partial charge in [0.1, 0.15) is 0 Å². The molecule has 0 aromatic rings. The van der Waals surface area contributed by atoms with Crippen molar-refractivity contribution in [2.75, 3.05) is 33.4 Å². The predicted octanol–water partition coefficient (Wildman–Crippen LogP) is 1.38. The molecule has 0 spiro atoms. The summed E-state index contributed by atoms with van der Waals surface area (Å²) in [5.41, 5.74) is -0.0271. The summed E-state index contributed by atoms with van der Waals surface area (Å²) in [4.78, 5) is 2.59. The Bertz CT molecular complexity index is 275. The van der Waals surface area contributed by atoms with E-state index in [0.29, 0.717) is 12.1 Å². The summed E-state index contributed by atoms with van der Waals surface area (Å²) in [6.07, 6.45) is 7.35. The smallest absolute Gasteiger partial charge is 0.0698 e. The minimum absolute atomic E-state index is 0.0271. The molecule has 0 aromatic heterocycles. The second-order valence-electron chi connectivity index (χ2n) is 6.26. The van der Waals surface area contributed by atoms with E-state index in [4.69, 9.17) is 4.74 Å². The van der Waals surface area contributed by atoms with Crippen LogP contribution in [0.1, 0.15) is 45.4 Å². The SMILES string of the molecule is CCCNC1(CO)CCC(N2CCCC(OC)C2)C1. The van der Waals surface area contributed by atoms with Crippen molar-refractivity contribution in [1.29, 1.82) is 0 Å². The van der Waals surface area contributed by atoms with Crippen LogP contribution in [0.15, 0.2) is 0 Å². The number of methoxy groups -OCH3 is 1. The van der Waals surface area contributed by atoms with E-state index < -0.39 is 0 Å². The van der Waals surface area contributed by atoms with Crippen LogP contribution in [0.25, 0.3) is 0 Å². The lowest BCUT2D eigenvalue weighted by molar-refractivity contribution is 0.0133. The Balaban J connectivity index is 1.89. The zero-order chi connectivity index (χ0) is 13.7. The number of nitrogens with zero attached hydrogens (tertiary/aromatic N) is 1. The van der Waals surface area contributed by atoms with Crippen molar-refractivity contribution >= 4 is 0 Å². The van der Waals surface area contributed by atoms with Crippen LogP contribution in [0.3, 0.4) is 0 Å². The van der Waals surface area contributed by atoms with Gasteiger partial charge in [-0.05, 0) is 51.6 Å². The van der Waals surface area contributed by atoms with Crippen LogP contribution in [-0.2, 0) is 4.74 Å². The van der Waals surface area contributed by atoms with E-state index in [1.165, 1.54) is 25.8 Å². The zero-order valence-corrected chi connectivity index (χ0v) is 12.5. The third-order valence-corrected chi connectivity index (χ3v) is 4.89. The number of aliphatic hydroxyl groups excluding tert-OH is 1. The highest BCUT2D eigenvalue weighted by Crippen LogP contribution is 2.34. The van der Waals surface area contributed by atoms with Crippen molar-refractivity contribution in [3.63, 3.8) is 0 Å². The van der Waals surface area contributed by atoms with Crippen LogP contribution < -0.4 is 5.32 Å². The maximum atomic E-state index is 9.75. The molecule has 0 bridgehead atoms. The second-order valence-corrected chi connectivity index (χ2v) is 6.26. The summed E-state index contributed by atoms with van der Waals surface area (Å²) in [6.45, 7) is 5.72. The largest absolute Gasteiger partial charge is 0.394 e. The van der Waals surface area contributed by atoms with E-state index in [1.807, 2.05) is 7.11 Å². The van der Waals surface area contributed by atoms with Crippen molar-refractivity contribution in [3.05, 3.63) is 0 Å². The normalized spacial score (nSPS) is 36.8. The van der Waals surface area contributed by atoms with Crippen LogP contribution in [0.5, 0.6) is 0 Å². The Morgan fingerprint density at radius 1 is 1.42 bits per heavy atom. The third-order valence-electron chi connectivity index (χ3n) is 4.89. The van der Waals surface area contributed by atoms with Gasteiger partial charge in [-0.1, -0.05) is 6.92 Å². The highest BCUT2D eigenvalue weighted by Gasteiger charge is 2.41. The molecule has 1 aliphatic carbocycles. The topological polar surface area (TPSA) is 44.7 Å². The van der Waals surface area contributed by atoms with Crippen molar-refractivity contribution in [1.82, 2.24) is 10.2 Å². The fraction of sp³-hybridized carbons (Fsp3) is 1.00. The first-order chi connectivity index (χ1) is 9.23. The van der Waals surface area contributed by atoms with Gasteiger partial charge in [-0.25, -0.2) is 0 Å². The summed E-state index contributed by atoms with van der Waals surface area (Å²) in [5.74, 6) is 0. The van der Waals surface area contributed by atoms with Crippen LogP contribution in [0.4, 0.5) is 0 Å². The summed E-state index contributed by atoms with van der Waals surface area (Å²) in [7, 11) is 1.82. The minimum atomic E-state index is -0.0271. The predicted molar refractivity (Wildman–Crippen MR) is 77.4 cm³/mol. The molecule has 1 saturated carbocycles. The molecule has 3 unspecified atom stereocenters. The molecule has 2 aliphatic rings. The molecule has 1 heterocycles. The number of likely N-dealkylation sites (tertiary alicyclic amines) is 1. The van der Waals surface area contributed by atoms with Gasteiger partial charge in [0.05, 0.1) is 12.7 Å². The molecule has 2 fully saturated rings. The summed E-state index contributed by atoms with van der Waals surface area (Å²) >= 11 is 0. The van der Waals surface area contributed by atoms with Gasteiger partial charge in [0.2, 0.25) is 0 Å². The Morgan fingerprint density at radius 3 is 2.95 bits per heavy atom. The van der Waals surface area contributed by atoms with Gasteiger partial charge < -0.3 is 15.2 Å². The number of ether oxygens (including phenoxy) is 1. The van der Waals surface area contributed by atoms with E-state index in [-0.39, 0.29) is 12.1 Å². The summed E-state index contributed by atoms with van der Waals surface area (Å²) in [5, 5.41) is 13.3. The highest BCUT2D eigenvalue weighted by atomic mass is 16.5. The van der Waals surface area contributed by atoms with E-state index in [0.717, 1.165) is 32.4 Å². The quantitative estimate of drug-likeness (QED) is 0.765. The number of rotatable bonds is 6. The number of nitrogens with one attached hydrogen (secondary N) is 1. The number of aliphatic hydroxyl groups is 1. The molecule has 1 aliphatic heterocycles. The van der Waals surface area contributed by atoms with Gasteiger partial charge in [0, 0.05) is 25.2 Å². The average molecular weight is 270 g/mol. The molecular weight excluding hydrogens is 240 g/mol. The summed E-state index contributed by atoms with van der Waals surface area (Å²) < 4.78 is 5.52. The molecule has 19 heavy (non-hydrogen) atoms. The lowest BCUT2D eigenvalue weighted by Crippen LogP contribution is -2.50. The highest BCUT2D eigenvalue weighted by molar-refractivity contribution is 5.00. The van der Waals surface area contributed by atoms with Crippen molar-refractivity contribution < 1.29 is 9.84 Å². The number of hydrogen-bond acceptors (Lipinski definition) is 4. The van der Waals surface area contributed by atoms with E-state index in [2.05, 4.69) is 17.1 Å². The fourth-order valence-electron chi connectivity index (χ4n) is 3.65. The monoisotopic (exact) mass is 270 g/mol. The summed E-state index contributed by atoms with van der Waals surface area (Å²) in [6, 6.07) is 0.620. The minimum Gasteiger partial charge on any atom is -0.394 e. The Labute approximate surface area is 117 Å². The zero-order valence-electron chi connectivity index (χ0n) is 12.5. The van der Waals surface area contributed by atoms with Gasteiger partial charge in [-0.2, -0.15) is 0 Å². The number of piperidine rings is 1. The molecule has 1 saturated heterocycles. The van der Waals surface area contributed by atoms with Gasteiger partial charge in [-0.3, -0.25) is 4.90 Å². The van der Waals surface area contributed by atoms with Gasteiger partial charge >= 0.3 is 0 Å². The molecule has 112 valence electrons. The maximum Gasteiger partial charge on any atom is 0.0698 e. The third kappa shape index (κ3) is 3.69. The van der Waals surface area contributed by atoms with Gasteiger partial charge in [0.25, 0.3) is 0 Å². The van der Waals surface area contributed by atoms with E-state index >= 15 is 0 Å². The standard InChI is InChI=1S/C15H30N2O2/c1-3-8-16-15(12-18)7-6-13(10-15)17-9-4-5-14(11-17)19-2/h13-14,16,18H,3-12H2,1-2H3. The second kappa shape index (κ2) is 7.02. The maximum absolute atomic E-state index is 9.75. The Kier molecular flexibility index (Phi) is 5.63. The average Bonchev–Trinajstić information content (AvgIpc) is 2.90. The fourth-order valence-corrected chi connectivity index (χ4v) is 3.65. The lowest BCUT2D eigenvalue weighted by atomic mass is 9.97. The number of hydrogen-bond donors (Lipinski definition) is 2. The van der Waals surface area contributed by atoms with E-state index in [1.54, 1.807) is 0 Å². The van der Waals surface area contributed by atoms with Crippen LogP contribution in [0.2, 0.25) is 0 Å². The molecule has 4 nitrogen and oxygen atoms in total. The van der Waals surface area contributed by atoms with E-state index in [9.17, 15) is 5.11 Å². The molecule has 3 atom stereocenters. The lowest BCUT2D eigenvalue weighted by Gasteiger charge is -2.37. The first kappa shape index (κ1) is 15.2. The van der Waals surface area contributed by atoms with Crippen molar-refractivity contribution in [2.24, 2.45) is 0 Å².